The van der Waals surface area contributed by atoms with E-state index in [0.717, 1.165) is 0 Å². The van der Waals surface area contributed by atoms with E-state index < -0.39 is 24.6 Å². The zero-order valence-electron chi connectivity index (χ0n) is 9.15. The van der Waals surface area contributed by atoms with Gasteiger partial charge in [-0.2, -0.15) is 0 Å². The monoisotopic (exact) mass is 218 g/mol. The van der Waals surface area contributed by atoms with Gasteiger partial charge < -0.3 is 20.8 Å². The Balaban J connectivity index is 4.07. The summed E-state index contributed by atoms with van der Waals surface area (Å²) in [4.78, 5) is 21.7. The highest BCUT2D eigenvalue weighted by Crippen LogP contribution is 1.99. The maximum absolute atomic E-state index is 11.2. The van der Waals surface area contributed by atoms with E-state index in [1.54, 1.807) is 0 Å². The molecule has 2 atom stereocenters. The minimum Gasteiger partial charge on any atom is -0.480 e. The van der Waals surface area contributed by atoms with Crippen molar-refractivity contribution < 1.29 is 19.8 Å². The van der Waals surface area contributed by atoms with Crippen LogP contribution >= 0.6 is 0 Å². The van der Waals surface area contributed by atoms with Gasteiger partial charge in [0, 0.05) is 6.04 Å². The van der Waals surface area contributed by atoms with Crippen molar-refractivity contribution in [2.24, 2.45) is 5.92 Å². The van der Waals surface area contributed by atoms with Crippen molar-refractivity contribution in [3.8, 4) is 0 Å². The smallest absolute Gasteiger partial charge is 0.328 e. The van der Waals surface area contributed by atoms with E-state index in [-0.39, 0.29) is 12.0 Å². The molecule has 0 fully saturated rings. The predicted octanol–water partition coefficient (Wildman–Crippen LogP) is -0.224. The molecule has 2 amide bonds. The molecule has 0 rings (SSSR count). The lowest BCUT2D eigenvalue weighted by Crippen LogP contribution is -2.50. The number of urea groups is 1. The number of carbonyl (C=O) groups excluding carboxylic acids is 1. The van der Waals surface area contributed by atoms with Gasteiger partial charge in [-0.25, -0.2) is 9.59 Å². The Bertz CT molecular complexity index is 230. The van der Waals surface area contributed by atoms with Gasteiger partial charge >= 0.3 is 12.0 Å². The molecular formula is C9H18N2O4. The largest absolute Gasteiger partial charge is 0.480 e. The number of carbonyl (C=O) groups is 2. The third-order valence-electron chi connectivity index (χ3n) is 2.14. The van der Waals surface area contributed by atoms with E-state index in [1.807, 2.05) is 20.8 Å². The SMILES string of the molecule is CC(C)C(C)NC(=O)N[C@@H](CO)C(=O)O. The first-order chi connectivity index (χ1) is 6.88. The van der Waals surface area contributed by atoms with Crippen LogP contribution in [0.3, 0.4) is 0 Å². The van der Waals surface area contributed by atoms with E-state index in [0.29, 0.717) is 0 Å². The van der Waals surface area contributed by atoms with E-state index in [2.05, 4.69) is 10.6 Å². The molecule has 0 heterocycles. The zero-order valence-corrected chi connectivity index (χ0v) is 9.15. The number of carboxylic acids is 1. The van der Waals surface area contributed by atoms with Gasteiger partial charge in [0.05, 0.1) is 6.61 Å². The zero-order chi connectivity index (χ0) is 12.0. The molecule has 6 heteroatoms. The molecule has 1 unspecified atom stereocenters. The van der Waals surface area contributed by atoms with Crippen LogP contribution in [0.25, 0.3) is 0 Å². The second-order valence-electron chi connectivity index (χ2n) is 3.72. The van der Waals surface area contributed by atoms with E-state index in [4.69, 9.17) is 10.2 Å². The Morgan fingerprint density at radius 1 is 1.20 bits per heavy atom. The maximum Gasteiger partial charge on any atom is 0.328 e. The van der Waals surface area contributed by atoms with Crippen LogP contribution in [0.4, 0.5) is 4.79 Å². The summed E-state index contributed by atoms with van der Waals surface area (Å²) in [6.07, 6.45) is 0. The topological polar surface area (TPSA) is 98.7 Å². The van der Waals surface area contributed by atoms with E-state index in [1.165, 1.54) is 0 Å². The quantitative estimate of drug-likeness (QED) is 0.512. The van der Waals surface area contributed by atoms with Crippen LogP contribution in [-0.2, 0) is 4.79 Å². The summed E-state index contributed by atoms with van der Waals surface area (Å²) in [5.74, 6) is -1.00. The Morgan fingerprint density at radius 2 is 1.73 bits per heavy atom. The number of nitrogens with one attached hydrogen (secondary N) is 2. The molecule has 6 nitrogen and oxygen atoms in total. The summed E-state index contributed by atoms with van der Waals surface area (Å²) in [6.45, 7) is 5.06. The molecule has 0 bridgehead atoms. The van der Waals surface area contributed by atoms with Gasteiger partial charge in [0.15, 0.2) is 6.04 Å². The summed E-state index contributed by atoms with van der Waals surface area (Å²) in [5, 5.41) is 22.0. The normalized spacial score (nSPS) is 14.5. The Morgan fingerprint density at radius 3 is 2.07 bits per heavy atom. The molecule has 0 aliphatic rings. The highest BCUT2D eigenvalue weighted by Gasteiger charge is 2.19. The van der Waals surface area contributed by atoms with Crippen LogP contribution in [0.2, 0.25) is 0 Å². The number of aliphatic carboxylic acids is 1. The molecule has 0 saturated carbocycles. The molecule has 0 spiro atoms. The summed E-state index contributed by atoms with van der Waals surface area (Å²) < 4.78 is 0. The number of rotatable bonds is 5. The molecule has 15 heavy (non-hydrogen) atoms. The molecule has 0 aromatic rings. The van der Waals surface area contributed by atoms with Crippen molar-refractivity contribution in [2.75, 3.05) is 6.61 Å². The van der Waals surface area contributed by atoms with Crippen LogP contribution in [0.5, 0.6) is 0 Å². The van der Waals surface area contributed by atoms with Gasteiger partial charge in [-0.1, -0.05) is 13.8 Å². The Hall–Kier alpha value is -1.30. The fourth-order valence-corrected chi connectivity index (χ4v) is 0.759. The van der Waals surface area contributed by atoms with Gasteiger partial charge in [0.2, 0.25) is 0 Å². The van der Waals surface area contributed by atoms with Crippen LogP contribution in [-0.4, -0.2) is 40.9 Å². The van der Waals surface area contributed by atoms with Gasteiger partial charge in [-0.15, -0.1) is 0 Å². The number of hydrogen-bond donors (Lipinski definition) is 4. The fourth-order valence-electron chi connectivity index (χ4n) is 0.759. The fraction of sp³-hybridized carbons (Fsp3) is 0.778. The first-order valence-corrected chi connectivity index (χ1v) is 4.79. The van der Waals surface area contributed by atoms with Gasteiger partial charge in [0.1, 0.15) is 0 Å². The number of aliphatic hydroxyl groups excluding tert-OH is 1. The molecule has 0 radical (unpaired) electrons. The van der Waals surface area contributed by atoms with Crippen molar-refractivity contribution in [1.82, 2.24) is 10.6 Å². The first-order valence-electron chi connectivity index (χ1n) is 4.79. The van der Waals surface area contributed by atoms with Crippen molar-refractivity contribution >= 4 is 12.0 Å². The minimum absolute atomic E-state index is 0.0573. The second-order valence-corrected chi connectivity index (χ2v) is 3.72. The van der Waals surface area contributed by atoms with E-state index in [9.17, 15) is 9.59 Å². The Kier molecular flexibility index (Phi) is 5.69. The number of hydrogen-bond acceptors (Lipinski definition) is 3. The van der Waals surface area contributed by atoms with Crippen LogP contribution in [0.1, 0.15) is 20.8 Å². The van der Waals surface area contributed by atoms with Crippen molar-refractivity contribution in [1.29, 1.82) is 0 Å². The van der Waals surface area contributed by atoms with Gasteiger partial charge in [-0.3, -0.25) is 0 Å². The third-order valence-corrected chi connectivity index (χ3v) is 2.14. The number of carboxylic acid groups (broad SMARTS) is 1. The third kappa shape index (κ3) is 5.21. The lowest BCUT2D eigenvalue weighted by atomic mass is 10.1. The summed E-state index contributed by atoms with van der Waals surface area (Å²) >= 11 is 0. The number of aliphatic hydroxyl groups is 1. The summed E-state index contributed by atoms with van der Waals surface area (Å²) in [5.41, 5.74) is 0. The van der Waals surface area contributed by atoms with Crippen molar-refractivity contribution in [2.45, 2.75) is 32.9 Å². The average Bonchev–Trinajstić information content (AvgIpc) is 2.13. The van der Waals surface area contributed by atoms with Crippen LogP contribution in [0, 0.1) is 5.92 Å². The van der Waals surface area contributed by atoms with E-state index >= 15 is 0 Å². The molecule has 0 aliphatic carbocycles. The maximum atomic E-state index is 11.2. The predicted molar refractivity (Wildman–Crippen MR) is 54.5 cm³/mol. The molecule has 88 valence electrons. The van der Waals surface area contributed by atoms with Gasteiger partial charge in [0.25, 0.3) is 0 Å². The summed E-state index contributed by atoms with van der Waals surface area (Å²) in [7, 11) is 0. The lowest BCUT2D eigenvalue weighted by molar-refractivity contribution is -0.140. The molecule has 0 aromatic heterocycles. The van der Waals surface area contributed by atoms with Crippen LogP contribution < -0.4 is 10.6 Å². The average molecular weight is 218 g/mol. The highest BCUT2D eigenvalue weighted by molar-refractivity contribution is 5.82. The first kappa shape index (κ1) is 13.7. The lowest BCUT2D eigenvalue weighted by Gasteiger charge is -2.19. The second kappa shape index (κ2) is 6.23. The van der Waals surface area contributed by atoms with Gasteiger partial charge in [-0.05, 0) is 12.8 Å². The molecule has 0 saturated heterocycles. The Labute approximate surface area is 88.7 Å². The molecule has 0 aliphatic heterocycles. The minimum atomic E-state index is -1.26. The molecule has 0 aromatic carbocycles. The van der Waals surface area contributed by atoms with Crippen molar-refractivity contribution in [3.05, 3.63) is 0 Å². The molecule has 4 N–H and O–H groups in total. The highest BCUT2D eigenvalue weighted by atomic mass is 16.4. The van der Waals surface area contributed by atoms with Crippen molar-refractivity contribution in [3.63, 3.8) is 0 Å². The standard InChI is InChI=1S/C9H18N2O4/c1-5(2)6(3)10-9(15)11-7(4-12)8(13)14/h5-7,12H,4H2,1-3H3,(H,13,14)(H2,10,11,15)/t6?,7-/m0/s1. The van der Waals surface area contributed by atoms with Crippen LogP contribution in [0.15, 0.2) is 0 Å². The molecular weight excluding hydrogens is 200 g/mol. The summed E-state index contributed by atoms with van der Waals surface area (Å²) in [6, 6.07) is -1.90. The number of amides is 2.